The van der Waals surface area contributed by atoms with E-state index in [1.54, 1.807) is 0 Å². The van der Waals surface area contributed by atoms with Gasteiger partial charge in [0.1, 0.15) is 11.5 Å². The van der Waals surface area contributed by atoms with Crippen molar-refractivity contribution in [2.24, 2.45) is 5.10 Å². The Kier molecular flexibility index (Phi) is 4.99. The minimum Gasteiger partial charge on any atom is -0.491 e. The largest absolute Gasteiger partial charge is 0.491 e. The molecule has 2 heterocycles. The Balaban J connectivity index is 1.52. The zero-order chi connectivity index (χ0) is 20.7. The van der Waals surface area contributed by atoms with E-state index in [1.807, 2.05) is 56.3 Å². The number of benzene rings is 3. The highest BCUT2D eigenvalue weighted by molar-refractivity contribution is 9.10. The van der Waals surface area contributed by atoms with Crippen LogP contribution >= 0.6 is 15.9 Å². The SMILES string of the molecule is CC(C)Oc1ccc(C2=NN3[C@@H](c4ccccc4)Oc4ccc(Br)cc4[C@@H]3C2)cc1. The molecule has 0 spiro atoms. The first-order valence-electron chi connectivity index (χ1n) is 10.2. The van der Waals surface area contributed by atoms with Crippen LogP contribution in [0.25, 0.3) is 0 Å². The van der Waals surface area contributed by atoms with Crippen molar-refractivity contribution in [3.63, 3.8) is 0 Å². The fourth-order valence-electron chi connectivity index (χ4n) is 4.07. The number of nitrogens with zero attached hydrogens (tertiary/aromatic N) is 2. The van der Waals surface area contributed by atoms with Gasteiger partial charge in [0.05, 0.1) is 17.9 Å². The minimum atomic E-state index is -0.245. The molecule has 30 heavy (non-hydrogen) atoms. The summed E-state index contributed by atoms with van der Waals surface area (Å²) < 4.78 is 13.2. The zero-order valence-electron chi connectivity index (χ0n) is 17.0. The summed E-state index contributed by atoms with van der Waals surface area (Å²) in [6.07, 6.45) is 0.749. The van der Waals surface area contributed by atoms with Gasteiger partial charge >= 0.3 is 0 Å². The molecule has 0 saturated heterocycles. The van der Waals surface area contributed by atoms with Gasteiger partial charge in [-0.15, -0.1) is 0 Å². The number of ether oxygens (including phenoxy) is 2. The van der Waals surface area contributed by atoms with Crippen molar-refractivity contribution >= 4 is 21.6 Å². The molecule has 0 fully saturated rings. The Morgan fingerprint density at radius 3 is 2.53 bits per heavy atom. The third-order valence-corrected chi connectivity index (χ3v) is 5.89. The summed E-state index contributed by atoms with van der Waals surface area (Å²) in [6.45, 7) is 4.07. The molecular weight excluding hydrogens is 440 g/mol. The molecule has 152 valence electrons. The predicted molar refractivity (Wildman–Crippen MR) is 122 cm³/mol. The lowest BCUT2D eigenvalue weighted by molar-refractivity contribution is -0.0190. The van der Waals surface area contributed by atoms with E-state index in [9.17, 15) is 0 Å². The van der Waals surface area contributed by atoms with Gasteiger partial charge in [-0.2, -0.15) is 5.10 Å². The van der Waals surface area contributed by atoms with Crippen LogP contribution in [-0.4, -0.2) is 16.8 Å². The Hall–Kier alpha value is -2.79. The third kappa shape index (κ3) is 3.58. The van der Waals surface area contributed by atoms with Crippen molar-refractivity contribution in [3.05, 3.63) is 94.0 Å². The minimum absolute atomic E-state index is 0.137. The van der Waals surface area contributed by atoms with Crippen molar-refractivity contribution in [2.45, 2.75) is 38.6 Å². The highest BCUT2D eigenvalue weighted by Crippen LogP contribution is 2.48. The number of halogens is 1. The fourth-order valence-corrected chi connectivity index (χ4v) is 4.45. The molecule has 5 rings (SSSR count). The van der Waals surface area contributed by atoms with Crippen molar-refractivity contribution in [3.8, 4) is 11.5 Å². The van der Waals surface area contributed by atoms with Gasteiger partial charge in [0, 0.05) is 22.0 Å². The van der Waals surface area contributed by atoms with E-state index in [1.165, 1.54) is 0 Å². The normalized spacial score (nSPS) is 19.7. The van der Waals surface area contributed by atoms with Gasteiger partial charge in [0.15, 0.2) is 0 Å². The maximum Gasteiger partial charge on any atom is 0.213 e. The first kappa shape index (κ1) is 19.2. The molecule has 0 saturated carbocycles. The van der Waals surface area contributed by atoms with E-state index in [2.05, 4.69) is 51.3 Å². The Morgan fingerprint density at radius 1 is 1.03 bits per heavy atom. The molecular formula is C25H23BrN2O2. The first-order chi connectivity index (χ1) is 14.6. The standard InChI is InChI=1S/C25H23BrN2O2/c1-16(2)29-20-11-8-17(9-12-20)22-15-23-21-14-19(26)10-13-24(21)30-25(28(23)27-22)18-6-4-3-5-7-18/h3-14,16,23,25H,15H2,1-2H3/t23-,25+/m0/s1. The van der Waals surface area contributed by atoms with Crippen molar-refractivity contribution in [2.75, 3.05) is 0 Å². The smallest absolute Gasteiger partial charge is 0.213 e. The van der Waals surface area contributed by atoms with Crippen LogP contribution in [0.5, 0.6) is 11.5 Å². The second-order valence-corrected chi connectivity index (χ2v) is 8.82. The summed E-state index contributed by atoms with van der Waals surface area (Å²) in [5.41, 5.74) is 4.44. The number of hydrogen-bond donors (Lipinski definition) is 0. The second kappa shape index (κ2) is 7.80. The highest BCUT2D eigenvalue weighted by atomic mass is 79.9. The van der Waals surface area contributed by atoms with Crippen LogP contribution in [-0.2, 0) is 0 Å². The highest BCUT2D eigenvalue weighted by Gasteiger charge is 2.41. The summed E-state index contributed by atoms with van der Waals surface area (Å²) >= 11 is 3.61. The van der Waals surface area contributed by atoms with Crippen LogP contribution in [0.4, 0.5) is 0 Å². The van der Waals surface area contributed by atoms with Crippen molar-refractivity contribution in [1.82, 2.24) is 5.01 Å². The van der Waals surface area contributed by atoms with Crippen LogP contribution in [0.1, 0.15) is 49.2 Å². The molecule has 2 aliphatic heterocycles. The molecule has 0 bridgehead atoms. The Bertz CT molecular complexity index is 1080. The molecule has 0 N–H and O–H groups in total. The maximum absolute atomic E-state index is 6.41. The molecule has 2 atom stereocenters. The average Bonchev–Trinajstić information content (AvgIpc) is 3.20. The topological polar surface area (TPSA) is 34.1 Å². The second-order valence-electron chi connectivity index (χ2n) is 7.90. The number of rotatable bonds is 4. The van der Waals surface area contributed by atoms with Gasteiger partial charge in [0.25, 0.3) is 0 Å². The molecule has 0 radical (unpaired) electrons. The lowest BCUT2D eigenvalue weighted by Crippen LogP contribution is -2.33. The van der Waals surface area contributed by atoms with E-state index >= 15 is 0 Å². The quantitative estimate of drug-likeness (QED) is 0.444. The third-order valence-electron chi connectivity index (χ3n) is 5.40. The van der Waals surface area contributed by atoms with Gasteiger partial charge in [-0.25, -0.2) is 5.01 Å². The van der Waals surface area contributed by atoms with E-state index in [0.29, 0.717) is 0 Å². The summed E-state index contributed by atoms with van der Waals surface area (Å²) in [6, 6.07) is 24.9. The summed E-state index contributed by atoms with van der Waals surface area (Å²) in [4.78, 5) is 0. The van der Waals surface area contributed by atoms with E-state index in [-0.39, 0.29) is 18.4 Å². The summed E-state index contributed by atoms with van der Waals surface area (Å²) in [7, 11) is 0. The lowest BCUT2D eigenvalue weighted by Gasteiger charge is -2.38. The molecule has 2 aliphatic rings. The van der Waals surface area contributed by atoms with E-state index < -0.39 is 0 Å². The molecule has 0 aromatic heterocycles. The summed E-state index contributed by atoms with van der Waals surface area (Å²) in [5.74, 6) is 1.80. The Morgan fingerprint density at radius 2 is 1.80 bits per heavy atom. The molecule has 5 heteroatoms. The van der Waals surface area contributed by atoms with Crippen molar-refractivity contribution in [1.29, 1.82) is 0 Å². The van der Waals surface area contributed by atoms with Gasteiger partial charge in [0.2, 0.25) is 6.23 Å². The molecule has 0 unspecified atom stereocenters. The maximum atomic E-state index is 6.41. The van der Waals surface area contributed by atoms with Crippen LogP contribution in [0, 0.1) is 0 Å². The fraction of sp³-hybridized carbons (Fsp3) is 0.240. The predicted octanol–water partition coefficient (Wildman–Crippen LogP) is 6.48. The van der Waals surface area contributed by atoms with Crippen LogP contribution in [0.2, 0.25) is 0 Å². The molecule has 0 amide bonds. The van der Waals surface area contributed by atoms with Crippen molar-refractivity contribution < 1.29 is 9.47 Å². The van der Waals surface area contributed by atoms with Gasteiger partial charge < -0.3 is 9.47 Å². The first-order valence-corrected chi connectivity index (χ1v) is 11.0. The lowest BCUT2D eigenvalue weighted by atomic mass is 9.96. The van der Waals surface area contributed by atoms with Gasteiger partial charge in [-0.05, 0) is 61.9 Å². The zero-order valence-corrected chi connectivity index (χ0v) is 18.5. The molecule has 3 aromatic carbocycles. The Labute approximate surface area is 185 Å². The number of fused-ring (bicyclic) bond motifs is 3. The average molecular weight is 463 g/mol. The van der Waals surface area contributed by atoms with E-state index in [0.717, 1.165) is 44.8 Å². The number of hydrazone groups is 1. The molecule has 0 aliphatic carbocycles. The number of hydrogen-bond acceptors (Lipinski definition) is 4. The van der Waals surface area contributed by atoms with Gasteiger partial charge in [-0.1, -0.05) is 46.3 Å². The van der Waals surface area contributed by atoms with Gasteiger partial charge in [-0.3, -0.25) is 0 Å². The van der Waals surface area contributed by atoms with Crippen LogP contribution in [0.3, 0.4) is 0 Å². The molecule has 3 aromatic rings. The van der Waals surface area contributed by atoms with E-state index in [4.69, 9.17) is 14.6 Å². The van der Waals surface area contributed by atoms with Crippen LogP contribution in [0.15, 0.2) is 82.4 Å². The summed E-state index contributed by atoms with van der Waals surface area (Å²) in [5, 5.41) is 7.14. The molecule has 4 nitrogen and oxygen atoms in total. The van der Waals surface area contributed by atoms with Crippen LogP contribution < -0.4 is 9.47 Å². The monoisotopic (exact) mass is 462 g/mol.